The van der Waals surface area contributed by atoms with Crippen LogP contribution in [0, 0.1) is 6.92 Å². The molecule has 1 aromatic carbocycles. The predicted molar refractivity (Wildman–Crippen MR) is 93.3 cm³/mol. The summed E-state index contributed by atoms with van der Waals surface area (Å²) < 4.78 is 0. The number of piperidine rings is 1. The lowest BCUT2D eigenvalue weighted by molar-refractivity contribution is 0.222. The van der Waals surface area contributed by atoms with E-state index in [0.29, 0.717) is 0 Å². The van der Waals surface area contributed by atoms with Crippen molar-refractivity contribution in [2.75, 3.05) is 13.1 Å². The number of hydrogen-bond acceptors (Lipinski definition) is 3. The van der Waals surface area contributed by atoms with Crippen LogP contribution in [0.5, 0.6) is 0 Å². The maximum Gasteiger partial charge on any atom is 0.148 e. The summed E-state index contributed by atoms with van der Waals surface area (Å²) in [5, 5.41) is 0. The first-order valence-electron chi connectivity index (χ1n) is 8.06. The highest BCUT2D eigenvalue weighted by molar-refractivity contribution is 7.15. The Morgan fingerprint density at radius 3 is 2.82 bits per heavy atom. The lowest BCUT2D eigenvalue weighted by Crippen LogP contribution is -2.28. The molecule has 0 atom stereocenters. The number of thiophene rings is 1. The third-order valence-electron chi connectivity index (χ3n) is 4.44. The Bertz CT molecular complexity index is 781. The molecule has 4 heteroatoms. The number of aryl methyl sites for hydroxylation is 1. The first kappa shape index (κ1) is 14.0. The lowest BCUT2D eigenvalue weighted by atomic mass is 10.1. The third kappa shape index (κ3) is 2.69. The second-order valence-electron chi connectivity index (χ2n) is 6.16. The van der Waals surface area contributed by atoms with Crippen molar-refractivity contribution >= 4 is 22.4 Å². The standard InChI is InChI=1S/C18H21N3S/c1-13-6-5-7-15-17(13)20-18(19-15)16-9-8-14(22-16)12-21-10-3-2-4-11-21/h5-9H,2-4,10-12H2,1H3,(H,19,20). The summed E-state index contributed by atoms with van der Waals surface area (Å²) in [7, 11) is 0. The van der Waals surface area contributed by atoms with Gasteiger partial charge in [0.2, 0.25) is 0 Å². The summed E-state index contributed by atoms with van der Waals surface area (Å²) in [6, 6.07) is 10.8. The molecule has 0 aliphatic carbocycles. The lowest BCUT2D eigenvalue weighted by Gasteiger charge is -2.25. The average molecular weight is 311 g/mol. The molecule has 4 rings (SSSR count). The van der Waals surface area contributed by atoms with Crippen LogP contribution < -0.4 is 0 Å². The number of aromatic amines is 1. The van der Waals surface area contributed by atoms with Crippen LogP contribution in [0.15, 0.2) is 30.3 Å². The van der Waals surface area contributed by atoms with E-state index in [2.05, 4.69) is 47.1 Å². The Hall–Kier alpha value is -1.65. The molecule has 114 valence electrons. The first-order valence-corrected chi connectivity index (χ1v) is 8.88. The van der Waals surface area contributed by atoms with E-state index in [1.54, 1.807) is 0 Å². The normalized spacial score (nSPS) is 16.4. The monoisotopic (exact) mass is 311 g/mol. The Kier molecular flexibility index (Phi) is 3.72. The van der Waals surface area contributed by atoms with Gasteiger partial charge in [-0.15, -0.1) is 11.3 Å². The number of para-hydroxylation sites is 1. The molecular formula is C18H21N3S. The van der Waals surface area contributed by atoms with Crippen LogP contribution in [0.3, 0.4) is 0 Å². The molecule has 1 saturated heterocycles. The van der Waals surface area contributed by atoms with E-state index >= 15 is 0 Å². The van der Waals surface area contributed by atoms with Gasteiger partial charge in [-0.05, 0) is 56.6 Å². The molecule has 0 saturated carbocycles. The minimum atomic E-state index is 0.999. The van der Waals surface area contributed by atoms with E-state index < -0.39 is 0 Å². The van der Waals surface area contributed by atoms with Crippen molar-refractivity contribution in [2.24, 2.45) is 0 Å². The molecule has 22 heavy (non-hydrogen) atoms. The van der Waals surface area contributed by atoms with Gasteiger partial charge in [0.15, 0.2) is 0 Å². The summed E-state index contributed by atoms with van der Waals surface area (Å²) in [6.07, 6.45) is 4.09. The van der Waals surface area contributed by atoms with Gasteiger partial charge in [0, 0.05) is 11.4 Å². The number of rotatable bonds is 3. The molecule has 3 heterocycles. The smallest absolute Gasteiger partial charge is 0.148 e. The summed E-state index contributed by atoms with van der Waals surface area (Å²) in [6.45, 7) is 5.70. The Labute approximate surface area is 135 Å². The van der Waals surface area contributed by atoms with Crippen LogP contribution in [0.1, 0.15) is 29.7 Å². The quantitative estimate of drug-likeness (QED) is 0.767. The fourth-order valence-corrected chi connectivity index (χ4v) is 4.22. The fraction of sp³-hybridized carbons (Fsp3) is 0.389. The molecule has 0 radical (unpaired) electrons. The molecular weight excluding hydrogens is 290 g/mol. The number of benzene rings is 1. The molecule has 1 N–H and O–H groups in total. The molecule has 0 bridgehead atoms. The number of H-pyrrole nitrogens is 1. The van der Waals surface area contributed by atoms with Crippen LogP contribution in [-0.4, -0.2) is 28.0 Å². The number of nitrogens with zero attached hydrogens (tertiary/aromatic N) is 2. The number of nitrogens with one attached hydrogen (secondary N) is 1. The van der Waals surface area contributed by atoms with Gasteiger partial charge in [-0.1, -0.05) is 18.6 Å². The number of likely N-dealkylation sites (tertiary alicyclic amines) is 1. The van der Waals surface area contributed by atoms with Gasteiger partial charge in [-0.3, -0.25) is 4.90 Å². The highest BCUT2D eigenvalue weighted by Crippen LogP contribution is 2.29. The van der Waals surface area contributed by atoms with Gasteiger partial charge in [-0.2, -0.15) is 0 Å². The average Bonchev–Trinajstić information content (AvgIpc) is 3.15. The molecule has 0 unspecified atom stereocenters. The van der Waals surface area contributed by atoms with E-state index in [0.717, 1.165) is 23.4 Å². The Balaban J connectivity index is 1.58. The van der Waals surface area contributed by atoms with Crippen LogP contribution in [0.25, 0.3) is 21.7 Å². The molecule has 1 aliphatic heterocycles. The van der Waals surface area contributed by atoms with Crippen LogP contribution in [-0.2, 0) is 6.54 Å². The van der Waals surface area contributed by atoms with Gasteiger partial charge in [0.1, 0.15) is 5.82 Å². The third-order valence-corrected chi connectivity index (χ3v) is 5.51. The van der Waals surface area contributed by atoms with Crippen molar-refractivity contribution in [2.45, 2.75) is 32.7 Å². The number of hydrogen-bond donors (Lipinski definition) is 1. The fourth-order valence-electron chi connectivity index (χ4n) is 3.22. The zero-order chi connectivity index (χ0) is 14.9. The van der Waals surface area contributed by atoms with Gasteiger partial charge >= 0.3 is 0 Å². The molecule has 0 spiro atoms. The van der Waals surface area contributed by atoms with Crippen molar-refractivity contribution in [1.82, 2.24) is 14.9 Å². The van der Waals surface area contributed by atoms with E-state index in [9.17, 15) is 0 Å². The van der Waals surface area contributed by atoms with E-state index in [1.165, 1.54) is 47.7 Å². The van der Waals surface area contributed by atoms with Crippen LogP contribution in [0.2, 0.25) is 0 Å². The molecule has 0 amide bonds. The second kappa shape index (κ2) is 5.86. The predicted octanol–water partition coefficient (Wildman–Crippen LogP) is 4.59. The van der Waals surface area contributed by atoms with E-state index in [4.69, 9.17) is 4.98 Å². The zero-order valence-corrected chi connectivity index (χ0v) is 13.7. The van der Waals surface area contributed by atoms with Gasteiger partial charge < -0.3 is 4.98 Å². The van der Waals surface area contributed by atoms with Gasteiger partial charge in [-0.25, -0.2) is 4.98 Å². The van der Waals surface area contributed by atoms with E-state index in [-0.39, 0.29) is 0 Å². The molecule has 3 aromatic rings. The molecule has 2 aromatic heterocycles. The summed E-state index contributed by atoms with van der Waals surface area (Å²) >= 11 is 1.87. The SMILES string of the molecule is Cc1cccc2[nH]c(-c3ccc(CN4CCCCC4)s3)nc12. The zero-order valence-electron chi connectivity index (χ0n) is 12.9. The van der Waals surface area contributed by atoms with E-state index in [1.807, 2.05) is 11.3 Å². The second-order valence-corrected chi connectivity index (χ2v) is 7.33. The minimum absolute atomic E-state index is 0.999. The number of fused-ring (bicyclic) bond motifs is 1. The highest BCUT2D eigenvalue weighted by atomic mass is 32.1. The van der Waals surface area contributed by atoms with Gasteiger partial charge in [0.05, 0.1) is 15.9 Å². The molecule has 1 fully saturated rings. The summed E-state index contributed by atoms with van der Waals surface area (Å²) in [5.74, 6) is 0.999. The van der Waals surface area contributed by atoms with Crippen molar-refractivity contribution in [3.63, 3.8) is 0 Å². The maximum atomic E-state index is 4.78. The Morgan fingerprint density at radius 2 is 2.00 bits per heavy atom. The molecule has 1 aliphatic rings. The molecule has 3 nitrogen and oxygen atoms in total. The summed E-state index contributed by atoms with van der Waals surface area (Å²) in [5.41, 5.74) is 3.44. The van der Waals surface area contributed by atoms with Crippen molar-refractivity contribution in [3.8, 4) is 10.7 Å². The number of imidazole rings is 1. The van der Waals surface area contributed by atoms with Crippen LogP contribution >= 0.6 is 11.3 Å². The first-order chi connectivity index (χ1) is 10.8. The van der Waals surface area contributed by atoms with Crippen molar-refractivity contribution < 1.29 is 0 Å². The maximum absolute atomic E-state index is 4.78. The topological polar surface area (TPSA) is 31.9 Å². The highest BCUT2D eigenvalue weighted by Gasteiger charge is 2.13. The number of aromatic nitrogens is 2. The summed E-state index contributed by atoms with van der Waals surface area (Å²) in [4.78, 5) is 13.5. The Morgan fingerprint density at radius 1 is 1.14 bits per heavy atom. The van der Waals surface area contributed by atoms with Crippen molar-refractivity contribution in [3.05, 3.63) is 40.8 Å². The van der Waals surface area contributed by atoms with Crippen LogP contribution in [0.4, 0.5) is 0 Å². The largest absolute Gasteiger partial charge is 0.337 e. The minimum Gasteiger partial charge on any atom is -0.337 e. The van der Waals surface area contributed by atoms with Gasteiger partial charge in [0.25, 0.3) is 0 Å². The van der Waals surface area contributed by atoms with Crippen molar-refractivity contribution in [1.29, 1.82) is 0 Å².